The lowest BCUT2D eigenvalue weighted by molar-refractivity contribution is 0.0702. The Morgan fingerprint density at radius 3 is 2.57 bits per heavy atom. The highest BCUT2D eigenvalue weighted by atomic mass is 32.2. The minimum atomic E-state index is -3.74. The molecule has 1 aromatic heterocycles. The minimum Gasteiger partial charge on any atom is -0.477 e. The molecule has 0 aliphatic heterocycles. The molecule has 1 unspecified atom stereocenters. The molecule has 1 heterocycles. The Hall–Kier alpha value is -1.70. The molecule has 0 fully saturated rings. The Balaban J connectivity index is 2.24. The number of hydrogen-bond acceptors (Lipinski definition) is 4. The fourth-order valence-electron chi connectivity index (χ4n) is 2.01. The highest BCUT2D eigenvalue weighted by Crippen LogP contribution is 2.23. The number of nitrogens with one attached hydrogen (secondary N) is 1. The topological polar surface area (TPSA) is 83.5 Å². The van der Waals surface area contributed by atoms with Crippen LogP contribution in [0.1, 0.15) is 33.8 Å². The SMILES string of the molecule is Cc1ccccc1C(C)NS(=O)(=O)c1csc(C(=O)O)c1. The second-order valence-electron chi connectivity index (χ2n) is 4.65. The summed E-state index contributed by atoms with van der Waals surface area (Å²) in [5.41, 5.74) is 1.87. The van der Waals surface area contributed by atoms with E-state index in [0.29, 0.717) is 0 Å². The van der Waals surface area contributed by atoms with E-state index in [9.17, 15) is 13.2 Å². The van der Waals surface area contributed by atoms with Gasteiger partial charge in [0, 0.05) is 11.4 Å². The maximum absolute atomic E-state index is 12.3. The Bertz CT molecular complexity index is 765. The second kappa shape index (κ2) is 5.97. The van der Waals surface area contributed by atoms with Crippen molar-refractivity contribution >= 4 is 27.3 Å². The van der Waals surface area contributed by atoms with Crippen molar-refractivity contribution in [3.8, 4) is 0 Å². The predicted molar refractivity (Wildman–Crippen MR) is 81.2 cm³/mol. The summed E-state index contributed by atoms with van der Waals surface area (Å²) in [5.74, 6) is -1.13. The molecule has 2 rings (SSSR count). The predicted octanol–water partition coefficient (Wildman–Crippen LogP) is 2.79. The van der Waals surface area contributed by atoms with Crippen molar-refractivity contribution < 1.29 is 18.3 Å². The number of benzene rings is 1. The molecule has 112 valence electrons. The van der Waals surface area contributed by atoms with Crippen LogP contribution in [0.15, 0.2) is 40.6 Å². The fraction of sp³-hybridized carbons (Fsp3) is 0.214. The van der Waals surface area contributed by atoms with Gasteiger partial charge in [0.2, 0.25) is 10.0 Å². The third-order valence-corrected chi connectivity index (χ3v) is 5.67. The van der Waals surface area contributed by atoms with Gasteiger partial charge >= 0.3 is 5.97 Å². The third kappa shape index (κ3) is 3.49. The normalized spacial score (nSPS) is 13.0. The van der Waals surface area contributed by atoms with E-state index in [-0.39, 0.29) is 9.77 Å². The van der Waals surface area contributed by atoms with Crippen LogP contribution >= 0.6 is 11.3 Å². The van der Waals surface area contributed by atoms with Crippen molar-refractivity contribution in [1.82, 2.24) is 4.72 Å². The lowest BCUT2D eigenvalue weighted by atomic mass is 10.0. The van der Waals surface area contributed by atoms with Crippen LogP contribution in [0, 0.1) is 6.92 Å². The van der Waals surface area contributed by atoms with E-state index in [2.05, 4.69) is 4.72 Å². The van der Waals surface area contributed by atoms with Crippen molar-refractivity contribution in [2.45, 2.75) is 24.8 Å². The number of aryl methyl sites for hydroxylation is 1. The number of carboxylic acid groups (broad SMARTS) is 1. The molecule has 1 atom stereocenters. The highest BCUT2D eigenvalue weighted by molar-refractivity contribution is 7.89. The summed E-state index contributed by atoms with van der Waals surface area (Å²) in [5, 5.41) is 10.2. The van der Waals surface area contributed by atoms with E-state index < -0.39 is 22.0 Å². The molecule has 0 bridgehead atoms. The number of carboxylic acids is 1. The highest BCUT2D eigenvalue weighted by Gasteiger charge is 2.21. The molecule has 0 aliphatic carbocycles. The number of thiophene rings is 1. The van der Waals surface area contributed by atoms with E-state index in [0.717, 1.165) is 22.5 Å². The summed E-state index contributed by atoms with van der Waals surface area (Å²) in [7, 11) is -3.74. The Morgan fingerprint density at radius 2 is 2.00 bits per heavy atom. The molecule has 2 N–H and O–H groups in total. The van der Waals surface area contributed by atoms with E-state index in [1.807, 2.05) is 31.2 Å². The monoisotopic (exact) mass is 325 g/mol. The van der Waals surface area contributed by atoms with Gasteiger partial charge in [-0.2, -0.15) is 0 Å². The van der Waals surface area contributed by atoms with Crippen molar-refractivity contribution in [2.24, 2.45) is 0 Å². The third-order valence-electron chi connectivity index (χ3n) is 3.08. The fourth-order valence-corrected chi connectivity index (χ4v) is 4.34. The average Bonchev–Trinajstić information content (AvgIpc) is 2.89. The summed E-state index contributed by atoms with van der Waals surface area (Å²) in [4.78, 5) is 10.8. The molecular weight excluding hydrogens is 310 g/mol. The molecule has 2 aromatic rings. The first-order valence-electron chi connectivity index (χ1n) is 6.21. The van der Waals surface area contributed by atoms with Crippen LogP contribution < -0.4 is 4.72 Å². The number of carbonyl (C=O) groups is 1. The molecule has 0 saturated heterocycles. The molecular formula is C14H15NO4S2. The van der Waals surface area contributed by atoms with Gasteiger partial charge in [0.1, 0.15) is 4.88 Å². The summed E-state index contributed by atoms with van der Waals surface area (Å²) < 4.78 is 27.1. The van der Waals surface area contributed by atoms with E-state index in [4.69, 9.17) is 5.11 Å². The second-order valence-corrected chi connectivity index (χ2v) is 7.28. The maximum Gasteiger partial charge on any atom is 0.345 e. The molecule has 5 nitrogen and oxygen atoms in total. The van der Waals surface area contributed by atoms with E-state index >= 15 is 0 Å². The summed E-state index contributed by atoms with van der Waals surface area (Å²) >= 11 is 0.892. The quantitative estimate of drug-likeness (QED) is 0.885. The van der Waals surface area contributed by atoms with Gasteiger partial charge in [-0.05, 0) is 31.0 Å². The van der Waals surface area contributed by atoms with Gasteiger partial charge in [0.25, 0.3) is 0 Å². The zero-order valence-electron chi connectivity index (χ0n) is 11.5. The number of hydrogen-bond donors (Lipinski definition) is 2. The van der Waals surface area contributed by atoms with Gasteiger partial charge in [-0.25, -0.2) is 17.9 Å². The van der Waals surface area contributed by atoms with Crippen LogP contribution in [0.4, 0.5) is 0 Å². The molecule has 1 aromatic carbocycles. The first kappa shape index (κ1) is 15.7. The summed E-state index contributed by atoms with van der Waals surface area (Å²) in [6, 6.07) is 8.27. The maximum atomic E-state index is 12.3. The first-order chi connectivity index (χ1) is 9.81. The van der Waals surface area contributed by atoms with Gasteiger partial charge in [-0.1, -0.05) is 24.3 Å². The van der Waals surface area contributed by atoms with Crippen LogP contribution in [0.5, 0.6) is 0 Å². The number of rotatable bonds is 5. The van der Waals surface area contributed by atoms with Crippen LogP contribution in [0.25, 0.3) is 0 Å². The zero-order valence-corrected chi connectivity index (χ0v) is 13.2. The van der Waals surface area contributed by atoms with Crippen molar-refractivity contribution in [3.05, 3.63) is 51.7 Å². The smallest absolute Gasteiger partial charge is 0.345 e. The molecule has 7 heteroatoms. The lowest BCUT2D eigenvalue weighted by Gasteiger charge is -2.16. The van der Waals surface area contributed by atoms with Crippen molar-refractivity contribution in [2.75, 3.05) is 0 Å². The lowest BCUT2D eigenvalue weighted by Crippen LogP contribution is -2.27. The molecule has 0 aliphatic rings. The van der Waals surface area contributed by atoms with Gasteiger partial charge in [-0.15, -0.1) is 11.3 Å². The molecule has 0 spiro atoms. The average molecular weight is 325 g/mol. The summed E-state index contributed by atoms with van der Waals surface area (Å²) in [6.45, 7) is 3.66. The van der Waals surface area contributed by atoms with E-state index in [1.165, 1.54) is 11.4 Å². The van der Waals surface area contributed by atoms with Crippen LogP contribution in [0.2, 0.25) is 0 Å². The number of sulfonamides is 1. The number of aromatic carboxylic acids is 1. The van der Waals surface area contributed by atoms with Gasteiger partial charge < -0.3 is 5.11 Å². The summed E-state index contributed by atoms with van der Waals surface area (Å²) in [6.07, 6.45) is 0. The van der Waals surface area contributed by atoms with Gasteiger partial charge in [-0.3, -0.25) is 0 Å². The van der Waals surface area contributed by atoms with Gasteiger partial charge in [0.05, 0.1) is 4.90 Å². The van der Waals surface area contributed by atoms with Crippen LogP contribution in [0.3, 0.4) is 0 Å². The molecule has 0 radical (unpaired) electrons. The largest absolute Gasteiger partial charge is 0.477 e. The molecule has 21 heavy (non-hydrogen) atoms. The first-order valence-corrected chi connectivity index (χ1v) is 8.57. The zero-order chi connectivity index (χ0) is 15.6. The van der Waals surface area contributed by atoms with Crippen molar-refractivity contribution in [1.29, 1.82) is 0 Å². The Labute approximate surface area is 127 Å². The van der Waals surface area contributed by atoms with E-state index in [1.54, 1.807) is 6.92 Å². The Morgan fingerprint density at radius 1 is 1.33 bits per heavy atom. The minimum absolute atomic E-state index is 0.00100. The Kier molecular flexibility index (Phi) is 4.46. The van der Waals surface area contributed by atoms with Crippen molar-refractivity contribution in [3.63, 3.8) is 0 Å². The molecule has 0 saturated carbocycles. The molecule has 0 amide bonds. The van der Waals surface area contributed by atoms with Crippen LogP contribution in [-0.4, -0.2) is 19.5 Å². The van der Waals surface area contributed by atoms with Gasteiger partial charge in [0.15, 0.2) is 0 Å². The standard InChI is InChI=1S/C14H15NO4S2/c1-9-5-3-4-6-12(9)10(2)15-21(18,19)11-7-13(14(16)17)20-8-11/h3-8,10,15H,1-2H3,(H,16,17). The van der Waals surface area contributed by atoms with Crippen LogP contribution in [-0.2, 0) is 10.0 Å².